The molecule has 0 bridgehead atoms. The van der Waals surface area contributed by atoms with Gasteiger partial charge in [0.05, 0.1) is 5.56 Å². The van der Waals surface area contributed by atoms with E-state index < -0.39 is 5.97 Å². The van der Waals surface area contributed by atoms with Crippen LogP contribution in [0.4, 0.5) is 0 Å². The van der Waals surface area contributed by atoms with Crippen LogP contribution in [0.2, 0.25) is 0 Å². The lowest BCUT2D eigenvalue weighted by Crippen LogP contribution is -2.37. The molecule has 0 saturated carbocycles. The highest BCUT2D eigenvalue weighted by atomic mass is 16.5. The Bertz CT molecular complexity index is 448. The lowest BCUT2D eigenvalue weighted by atomic mass is 9.87. The Kier molecular flexibility index (Phi) is 5.62. The van der Waals surface area contributed by atoms with Gasteiger partial charge in [0, 0.05) is 6.54 Å². The van der Waals surface area contributed by atoms with Crippen LogP contribution in [0.1, 0.15) is 37.0 Å². The number of aromatic carboxylic acids is 1. The predicted molar refractivity (Wildman–Crippen MR) is 82.9 cm³/mol. The van der Waals surface area contributed by atoms with Gasteiger partial charge >= 0.3 is 5.97 Å². The van der Waals surface area contributed by atoms with E-state index >= 15 is 0 Å². The molecule has 1 saturated heterocycles. The SMILES string of the molecule is CC(C)C1CCN(CCOc2ccc(C(=O)O)cc2)CC1. The first-order chi connectivity index (χ1) is 10.1. The number of hydrogen-bond donors (Lipinski definition) is 1. The van der Waals surface area contributed by atoms with Crippen molar-refractivity contribution < 1.29 is 14.6 Å². The average molecular weight is 291 g/mol. The van der Waals surface area contributed by atoms with Crippen LogP contribution in [0.5, 0.6) is 5.75 Å². The smallest absolute Gasteiger partial charge is 0.335 e. The summed E-state index contributed by atoms with van der Waals surface area (Å²) in [6.07, 6.45) is 2.57. The minimum atomic E-state index is -0.908. The molecule has 0 radical (unpaired) electrons. The topological polar surface area (TPSA) is 49.8 Å². The van der Waals surface area contributed by atoms with E-state index in [1.165, 1.54) is 12.8 Å². The average Bonchev–Trinajstić information content (AvgIpc) is 2.48. The number of carboxylic acids is 1. The van der Waals surface area contributed by atoms with Crippen molar-refractivity contribution in [3.63, 3.8) is 0 Å². The van der Waals surface area contributed by atoms with Gasteiger partial charge in [0.1, 0.15) is 12.4 Å². The molecule has 1 aliphatic rings. The highest BCUT2D eigenvalue weighted by Crippen LogP contribution is 2.24. The minimum Gasteiger partial charge on any atom is -0.492 e. The maximum absolute atomic E-state index is 10.8. The van der Waals surface area contributed by atoms with Gasteiger partial charge in [0.2, 0.25) is 0 Å². The van der Waals surface area contributed by atoms with E-state index in [9.17, 15) is 4.79 Å². The molecule has 4 heteroatoms. The first kappa shape index (κ1) is 15.8. The molecule has 1 heterocycles. The van der Waals surface area contributed by atoms with Crippen molar-refractivity contribution in [1.82, 2.24) is 4.90 Å². The number of benzene rings is 1. The van der Waals surface area contributed by atoms with Crippen molar-refractivity contribution in [2.45, 2.75) is 26.7 Å². The first-order valence-corrected chi connectivity index (χ1v) is 7.75. The number of rotatable bonds is 6. The van der Waals surface area contributed by atoms with Crippen molar-refractivity contribution in [3.05, 3.63) is 29.8 Å². The number of likely N-dealkylation sites (tertiary alicyclic amines) is 1. The van der Waals surface area contributed by atoms with Gasteiger partial charge in [0.25, 0.3) is 0 Å². The zero-order valence-electron chi connectivity index (χ0n) is 12.9. The number of carboxylic acid groups (broad SMARTS) is 1. The summed E-state index contributed by atoms with van der Waals surface area (Å²) in [5.74, 6) is 1.48. The molecule has 1 aliphatic heterocycles. The predicted octanol–water partition coefficient (Wildman–Crippen LogP) is 3.13. The van der Waals surface area contributed by atoms with Crippen LogP contribution in [0.3, 0.4) is 0 Å². The zero-order valence-corrected chi connectivity index (χ0v) is 12.9. The van der Waals surface area contributed by atoms with Gasteiger partial charge in [-0.15, -0.1) is 0 Å². The summed E-state index contributed by atoms with van der Waals surface area (Å²) in [4.78, 5) is 13.2. The van der Waals surface area contributed by atoms with Crippen molar-refractivity contribution in [2.75, 3.05) is 26.2 Å². The molecular weight excluding hydrogens is 266 g/mol. The fraction of sp³-hybridized carbons (Fsp3) is 0.588. The quantitative estimate of drug-likeness (QED) is 0.875. The molecular formula is C17H25NO3. The van der Waals surface area contributed by atoms with Gasteiger partial charge < -0.3 is 9.84 Å². The van der Waals surface area contributed by atoms with Gasteiger partial charge in [0.15, 0.2) is 0 Å². The fourth-order valence-corrected chi connectivity index (χ4v) is 2.83. The molecule has 1 aromatic rings. The third kappa shape index (κ3) is 4.74. The van der Waals surface area contributed by atoms with Gasteiger partial charge in [-0.1, -0.05) is 13.8 Å². The first-order valence-electron chi connectivity index (χ1n) is 7.75. The van der Waals surface area contributed by atoms with Crippen LogP contribution < -0.4 is 4.74 Å². The Labute approximate surface area is 126 Å². The maximum atomic E-state index is 10.8. The molecule has 1 fully saturated rings. The number of hydrogen-bond acceptors (Lipinski definition) is 3. The molecule has 4 nitrogen and oxygen atoms in total. The van der Waals surface area contributed by atoms with Crippen molar-refractivity contribution in [3.8, 4) is 5.75 Å². The van der Waals surface area contributed by atoms with Gasteiger partial charge in [-0.25, -0.2) is 4.79 Å². The molecule has 1 N–H and O–H groups in total. The Hall–Kier alpha value is -1.55. The zero-order chi connectivity index (χ0) is 15.2. The summed E-state index contributed by atoms with van der Waals surface area (Å²) in [7, 11) is 0. The van der Waals surface area contributed by atoms with Crippen molar-refractivity contribution in [2.24, 2.45) is 11.8 Å². The molecule has 116 valence electrons. The molecule has 0 amide bonds. The van der Waals surface area contributed by atoms with E-state index in [0.717, 1.165) is 37.2 Å². The van der Waals surface area contributed by atoms with Crippen molar-refractivity contribution in [1.29, 1.82) is 0 Å². The Morgan fingerprint density at radius 1 is 1.29 bits per heavy atom. The molecule has 0 unspecified atom stereocenters. The van der Waals surface area contributed by atoms with Crippen LogP contribution in [-0.4, -0.2) is 42.2 Å². The minimum absolute atomic E-state index is 0.290. The van der Waals surface area contributed by atoms with Crippen molar-refractivity contribution >= 4 is 5.97 Å². The highest BCUT2D eigenvalue weighted by Gasteiger charge is 2.21. The maximum Gasteiger partial charge on any atom is 0.335 e. The third-order valence-corrected chi connectivity index (χ3v) is 4.35. The number of carbonyl (C=O) groups is 1. The molecule has 2 rings (SSSR count). The van der Waals surface area contributed by atoms with Crippen LogP contribution in [-0.2, 0) is 0 Å². The van der Waals surface area contributed by atoms with Crippen LogP contribution in [0.15, 0.2) is 24.3 Å². The summed E-state index contributed by atoms with van der Waals surface area (Å²) >= 11 is 0. The lowest BCUT2D eigenvalue weighted by Gasteiger charge is -2.33. The second-order valence-corrected chi connectivity index (χ2v) is 6.10. The largest absolute Gasteiger partial charge is 0.492 e. The summed E-state index contributed by atoms with van der Waals surface area (Å²) in [5.41, 5.74) is 0.290. The molecule has 0 atom stereocenters. The number of nitrogens with zero attached hydrogens (tertiary/aromatic N) is 1. The molecule has 0 spiro atoms. The summed E-state index contributed by atoms with van der Waals surface area (Å²) in [6, 6.07) is 6.58. The molecule has 0 aromatic heterocycles. The Morgan fingerprint density at radius 3 is 2.43 bits per heavy atom. The fourth-order valence-electron chi connectivity index (χ4n) is 2.83. The van der Waals surface area contributed by atoms with E-state index in [-0.39, 0.29) is 5.56 Å². The summed E-state index contributed by atoms with van der Waals surface area (Å²) in [5, 5.41) is 8.83. The van der Waals surface area contributed by atoms with Gasteiger partial charge in [-0.2, -0.15) is 0 Å². The van der Waals surface area contributed by atoms with Gasteiger partial charge in [-0.3, -0.25) is 4.90 Å². The van der Waals surface area contributed by atoms with Gasteiger partial charge in [-0.05, 0) is 62.0 Å². The standard InChI is InChI=1S/C17H25NO3/c1-13(2)14-7-9-18(10-8-14)11-12-21-16-5-3-15(4-6-16)17(19)20/h3-6,13-14H,7-12H2,1-2H3,(H,19,20). The van der Waals surface area contributed by atoms with E-state index in [2.05, 4.69) is 18.7 Å². The second-order valence-electron chi connectivity index (χ2n) is 6.10. The second kappa shape index (κ2) is 7.46. The van der Waals surface area contributed by atoms with E-state index in [1.807, 2.05) is 0 Å². The Morgan fingerprint density at radius 2 is 1.90 bits per heavy atom. The normalized spacial score (nSPS) is 17.1. The lowest BCUT2D eigenvalue weighted by molar-refractivity contribution is 0.0697. The van der Waals surface area contributed by atoms with Crippen LogP contribution in [0.25, 0.3) is 0 Å². The molecule has 21 heavy (non-hydrogen) atoms. The molecule has 0 aliphatic carbocycles. The van der Waals surface area contributed by atoms with E-state index in [0.29, 0.717) is 6.61 Å². The van der Waals surface area contributed by atoms with E-state index in [4.69, 9.17) is 9.84 Å². The highest BCUT2D eigenvalue weighted by molar-refractivity contribution is 5.87. The number of piperidine rings is 1. The van der Waals surface area contributed by atoms with E-state index in [1.54, 1.807) is 24.3 Å². The third-order valence-electron chi connectivity index (χ3n) is 4.35. The van der Waals surface area contributed by atoms with Crippen LogP contribution in [0, 0.1) is 11.8 Å². The number of ether oxygens (including phenoxy) is 1. The monoisotopic (exact) mass is 291 g/mol. The summed E-state index contributed by atoms with van der Waals surface area (Å²) < 4.78 is 5.68. The van der Waals surface area contributed by atoms with Crippen LogP contribution >= 0.6 is 0 Å². The summed E-state index contributed by atoms with van der Waals surface area (Å²) in [6.45, 7) is 8.52. The Balaban J connectivity index is 1.69. The molecule has 1 aromatic carbocycles.